The third-order valence-electron chi connectivity index (χ3n) is 2.70. The van der Waals surface area contributed by atoms with Crippen molar-refractivity contribution >= 4 is 0 Å². The first-order chi connectivity index (χ1) is 6.35. The Labute approximate surface area is 84.2 Å². The van der Waals surface area contributed by atoms with Crippen molar-refractivity contribution in [2.24, 2.45) is 0 Å². The van der Waals surface area contributed by atoms with Gasteiger partial charge in [-0.2, -0.15) is 0 Å². The second kappa shape index (κ2) is 4.13. The molecule has 14 heavy (non-hydrogen) atoms. The van der Waals surface area contributed by atoms with Crippen LogP contribution in [0.15, 0.2) is 0 Å². The summed E-state index contributed by atoms with van der Waals surface area (Å²) in [5, 5.41) is 9.62. The first-order valence-corrected chi connectivity index (χ1v) is 4.99. The molecule has 0 aromatic heterocycles. The van der Waals surface area contributed by atoms with Crippen LogP contribution in [-0.2, 0) is 9.47 Å². The monoisotopic (exact) mass is 206 g/mol. The Kier molecular flexibility index (Phi) is 3.50. The minimum atomic E-state index is -1.68. The maximum absolute atomic E-state index is 13.7. The lowest BCUT2D eigenvalue weighted by Gasteiger charge is -2.21. The average Bonchev–Trinajstić information content (AvgIpc) is 2.26. The number of alkyl halides is 1. The molecule has 4 heteroatoms. The maximum atomic E-state index is 13.7. The van der Waals surface area contributed by atoms with E-state index in [9.17, 15) is 9.50 Å². The molecule has 1 rings (SSSR count). The van der Waals surface area contributed by atoms with Gasteiger partial charge < -0.3 is 14.6 Å². The molecule has 0 spiro atoms. The first-order valence-electron chi connectivity index (χ1n) is 4.99. The first kappa shape index (κ1) is 11.9. The molecule has 0 saturated carbocycles. The van der Waals surface area contributed by atoms with Crippen molar-refractivity contribution in [2.75, 3.05) is 6.61 Å². The number of aliphatic hydroxyl groups excluding tert-OH is 1. The van der Waals surface area contributed by atoms with E-state index in [1.54, 1.807) is 6.92 Å². The summed E-state index contributed by atoms with van der Waals surface area (Å²) >= 11 is 0. The van der Waals surface area contributed by atoms with Gasteiger partial charge in [0, 0.05) is 0 Å². The smallest absolute Gasteiger partial charge is 0.162 e. The number of ether oxygens (including phenoxy) is 2. The van der Waals surface area contributed by atoms with Crippen LogP contribution in [0.4, 0.5) is 4.39 Å². The molecule has 1 aliphatic heterocycles. The Morgan fingerprint density at radius 3 is 2.50 bits per heavy atom. The van der Waals surface area contributed by atoms with Crippen LogP contribution >= 0.6 is 0 Å². The number of rotatable bonds is 3. The minimum absolute atomic E-state index is 0.0626. The summed E-state index contributed by atoms with van der Waals surface area (Å²) in [6.07, 6.45) is -2.18. The van der Waals surface area contributed by atoms with E-state index < -0.39 is 24.0 Å². The van der Waals surface area contributed by atoms with E-state index >= 15 is 0 Å². The Bertz CT molecular complexity index is 194. The van der Waals surface area contributed by atoms with Gasteiger partial charge in [-0.3, -0.25) is 0 Å². The van der Waals surface area contributed by atoms with E-state index in [0.717, 1.165) is 0 Å². The van der Waals surface area contributed by atoms with Gasteiger partial charge in [0.1, 0.15) is 12.2 Å². The molecule has 1 N–H and O–H groups in total. The predicted molar refractivity (Wildman–Crippen MR) is 50.9 cm³/mol. The summed E-state index contributed by atoms with van der Waals surface area (Å²) in [7, 11) is 0. The lowest BCUT2D eigenvalue weighted by atomic mass is 9.96. The molecule has 0 aliphatic carbocycles. The number of aliphatic hydroxyl groups is 1. The molecule has 3 nitrogen and oxygen atoms in total. The van der Waals surface area contributed by atoms with Gasteiger partial charge in [0.05, 0.1) is 18.8 Å². The van der Waals surface area contributed by atoms with E-state index in [1.807, 2.05) is 13.8 Å². The van der Waals surface area contributed by atoms with Crippen molar-refractivity contribution in [3.63, 3.8) is 0 Å². The number of hydrogen-bond donors (Lipinski definition) is 1. The molecular formula is C10H19FO3. The number of halogens is 1. The van der Waals surface area contributed by atoms with Gasteiger partial charge in [0.2, 0.25) is 0 Å². The molecule has 1 saturated heterocycles. The molecule has 0 amide bonds. The van der Waals surface area contributed by atoms with Gasteiger partial charge >= 0.3 is 0 Å². The Morgan fingerprint density at radius 2 is 2.14 bits per heavy atom. The average molecular weight is 206 g/mol. The Hall–Kier alpha value is -0.190. The summed E-state index contributed by atoms with van der Waals surface area (Å²) in [5.74, 6) is 0. The van der Waals surface area contributed by atoms with E-state index in [0.29, 0.717) is 0 Å². The van der Waals surface area contributed by atoms with E-state index in [-0.39, 0.29) is 12.7 Å². The standard InChI is InChI=1S/C10H19FO3/c1-6(2)13-5-8-9(12)10(4,11)7(3)14-8/h6-9,12H,5H2,1-4H3/t7?,8?,9?,10-/m0/s1. The summed E-state index contributed by atoms with van der Waals surface area (Å²) < 4.78 is 24.3. The molecule has 1 heterocycles. The van der Waals surface area contributed by atoms with Crippen molar-refractivity contribution in [2.45, 2.75) is 57.8 Å². The van der Waals surface area contributed by atoms with E-state index in [1.165, 1.54) is 6.92 Å². The van der Waals surface area contributed by atoms with Crippen LogP contribution in [0.2, 0.25) is 0 Å². The molecule has 1 aliphatic rings. The van der Waals surface area contributed by atoms with E-state index in [2.05, 4.69) is 0 Å². The molecule has 84 valence electrons. The van der Waals surface area contributed by atoms with Crippen LogP contribution < -0.4 is 0 Å². The molecule has 0 aromatic rings. The zero-order valence-electron chi connectivity index (χ0n) is 9.16. The number of hydrogen-bond acceptors (Lipinski definition) is 3. The summed E-state index contributed by atoms with van der Waals surface area (Å²) in [5.41, 5.74) is -1.68. The fraction of sp³-hybridized carbons (Fsp3) is 1.00. The minimum Gasteiger partial charge on any atom is -0.387 e. The zero-order chi connectivity index (χ0) is 10.9. The van der Waals surface area contributed by atoms with Crippen LogP contribution in [0.25, 0.3) is 0 Å². The Balaban J connectivity index is 2.50. The molecule has 3 unspecified atom stereocenters. The van der Waals surface area contributed by atoms with Gasteiger partial charge in [0.15, 0.2) is 5.67 Å². The third-order valence-corrected chi connectivity index (χ3v) is 2.70. The second-order valence-electron chi connectivity index (χ2n) is 4.29. The largest absolute Gasteiger partial charge is 0.387 e. The fourth-order valence-electron chi connectivity index (χ4n) is 1.49. The fourth-order valence-corrected chi connectivity index (χ4v) is 1.49. The van der Waals surface area contributed by atoms with Gasteiger partial charge in [-0.1, -0.05) is 0 Å². The summed E-state index contributed by atoms with van der Waals surface area (Å²) in [6, 6.07) is 0. The summed E-state index contributed by atoms with van der Waals surface area (Å²) in [6.45, 7) is 7.00. The van der Waals surface area contributed by atoms with Gasteiger partial charge in [-0.25, -0.2) is 4.39 Å². The third kappa shape index (κ3) is 2.24. The quantitative estimate of drug-likeness (QED) is 0.756. The van der Waals surface area contributed by atoms with Crippen LogP contribution in [-0.4, -0.2) is 41.8 Å². The molecule has 0 bridgehead atoms. The van der Waals surface area contributed by atoms with Crippen molar-refractivity contribution in [3.8, 4) is 0 Å². The zero-order valence-corrected chi connectivity index (χ0v) is 9.16. The Morgan fingerprint density at radius 1 is 1.57 bits per heavy atom. The van der Waals surface area contributed by atoms with Crippen LogP contribution in [0.1, 0.15) is 27.7 Å². The van der Waals surface area contributed by atoms with E-state index in [4.69, 9.17) is 9.47 Å². The topological polar surface area (TPSA) is 38.7 Å². The van der Waals surface area contributed by atoms with Crippen molar-refractivity contribution in [3.05, 3.63) is 0 Å². The van der Waals surface area contributed by atoms with Crippen molar-refractivity contribution in [1.82, 2.24) is 0 Å². The molecule has 0 aromatic carbocycles. The summed E-state index contributed by atoms with van der Waals surface area (Å²) in [4.78, 5) is 0. The highest BCUT2D eigenvalue weighted by molar-refractivity contribution is 4.99. The molecule has 4 atom stereocenters. The lowest BCUT2D eigenvalue weighted by molar-refractivity contribution is -0.0555. The SMILES string of the molecule is CC(C)OCC1OC(C)[C@](C)(F)C1O. The van der Waals surface area contributed by atoms with Crippen molar-refractivity contribution in [1.29, 1.82) is 0 Å². The van der Waals surface area contributed by atoms with Gasteiger partial charge in [-0.15, -0.1) is 0 Å². The van der Waals surface area contributed by atoms with Crippen molar-refractivity contribution < 1.29 is 19.0 Å². The van der Waals surface area contributed by atoms with Gasteiger partial charge in [0.25, 0.3) is 0 Å². The maximum Gasteiger partial charge on any atom is 0.162 e. The molecular weight excluding hydrogens is 187 g/mol. The highest BCUT2D eigenvalue weighted by Crippen LogP contribution is 2.34. The highest BCUT2D eigenvalue weighted by Gasteiger charge is 2.51. The molecule has 0 radical (unpaired) electrons. The van der Waals surface area contributed by atoms with Crippen LogP contribution in [0.3, 0.4) is 0 Å². The molecule has 1 fully saturated rings. The van der Waals surface area contributed by atoms with Crippen LogP contribution in [0.5, 0.6) is 0 Å². The van der Waals surface area contributed by atoms with Gasteiger partial charge in [-0.05, 0) is 27.7 Å². The normalized spacial score (nSPS) is 43.5. The lowest BCUT2D eigenvalue weighted by Crippen LogP contribution is -2.41. The highest BCUT2D eigenvalue weighted by atomic mass is 19.1. The second-order valence-corrected chi connectivity index (χ2v) is 4.29. The predicted octanol–water partition coefficient (Wildman–Crippen LogP) is 1.29. The van der Waals surface area contributed by atoms with Crippen LogP contribution in [0, 0.1) is 0 Å².